The number of nitrogens with two attached hydrogens (primary N) is 2. The number of phenols is 1. The third-order valence-corrected chi connectivity index (χ3v) is 2.43. The molecule has 5 N–H and O–H groups in total. The number of phenolic OH excluding ortho intramolecular Hbond substituents is 1. The van der Waals surface area contributed by atoms with E-state index < -0.39 is 5.82 Å². The topological polar surface area (TPSA) is 85.2 Å². The second-order valence-corrected chi connectivity index (χ2v) is 3.81. The van der Waals surface area contributed by atoms with Gasteiger partial charge in [-0.25, -0.2) is 9.37 Å². The number of aryl methyl sites for hydroxylation is 1. The Kier molecular flexibility index (Phi) is 2.59. The minimum atomic E-state index is -0.542. The molecule has 4 nitrogen and oxygen atoms in total. The van der Waals surface area contributed by atoms with Crippen LogP contribution in [-0.2, 0) is 0 Å². The summed E-state index contributed by atoms with van der Waals surface area (Å²) in [6.07, 6.45) is 0. The molecule has 0 aliphatic heterocycles. The molecule has 2 aromatic rings. The average molecular weight is 233 g/mol. The number of anilines is 2. The van der Waals surface area contributed by atoms with E-state index in [0.29, 0.717) is 11.3 Å². The highest BCUT2D eigenvalue weighted by Crippen LogP contribution is 2.32. The molecule has 1 aromatic heterocycles. The lowest BCUT2D eigenvalue weighted by Crippen LogP contribution is -1.99. The van der Waals surface area contributed by atoms with Gasteiger partial charge in [0.05, 0.1) is 16.9 Å². The second-order valence-electron chi connectivity index (χ2n) is 3.81. The summed E-state index contributed by atoms with van der Waals surface area (Å²) in [6, 6.07) is 5.82. The Hall–Kier alpha value is -2.30. The van der Waals surface area contributed by atoms with E-state index in [2.05, 4.69) is 4.98 Å². The van der Waals surface area contributed by atoms with Crippen molar-refractivity contribution in [3.8, 4) is 17.0 Å². The van der Waals surface area contributed by atoms with Crippen molar-refractivity contribution in [2.75, 3.05) is 11.5 Å². The second kappa shape index (κ2) is 3.93. The summed E-state index contributed by atoms with van der Waals surface area (Å²) in [5.74, 6) is -0.597. The molecule has 0 aliphatic carbocycles. The van der Waals surface area contributed by atoms with Crippen molar-refractivity contribution >= 4 is 11.5 Å². The standard InChI is InChI=1S/C12H12FN3O/c1-6-4-7(13)11(10(17)5-6)9-3-2-8(14)12(15)16-9/h2-5,17H,14H2,1H3,(H2,15,16). The molecule has 0 saturated carbocycles. The van der Waals surface area contributed by atoms with Gasteiger partial charge in [-0.3, -0.25) is 0 Å². The first-order valence-corrected chi connectivity index (χ1v) is 5.00. The number of nitrogens with zero attached hydrogens (tertiary/aromatic N) is 1. The largest absolute Gasteiger partial charge is 0.507 e. The fourth-order valence-electron chi connectivity index (χ4n) is 1.60. The van der Waals surface area contributed by atoms with Crippen LogP contribution >= 0.6 is 0 Å². The van der Waals surface area contributed by atoms with Gasteiger partial charge in [-0.15, -0.1) is 0 Å². The summed E-state index contributed by atoms with van der Waals surface area (Å²) in [5.41, 5.74) is 12.3. The van der Waals surface area contributed by atoms with Gasteiger partial charge in [-0.2, -0.15) is 0 Å². The summed E-state index contributed by atoms with van der Waals surface area (Å²) >= 11 is 0. The van der Waals surface area contributed by atoms with Gasteiger partial charge < -0.3 is 16.6 Å². The number of benzene rings is 1. The Bertz CT molecular complexity index is 561. The zero-order chi connectivity index (χ0) is 12.6. The van der Waals surface area contributed by atoms with Crippen LogP contribution in [0.25, 0.3) is 11.3 Å². The molecule has 0 spiro atoms. The van der Waals surface area contributed by atoms with Crippen molar-refractivity contribution in [3.05, 3.63) is 35.6 Å². The molecular formula is C12H12FN3O. The highest BCUT2D eigenvalue weighted by molar-refractivity contribution is 5.72. The van der Waals surface area contributed by atoms with Crippen LogP contribution in [-0.4, -0.2) is 10.1 Å². The van der Waals surface area contributed by atoms with Crippen molar-refractivity contribution in [1.29, 1.82) is 0 Å². The van der Waals surface area contributed by atoms with Crippen molar-refractivity contribution in [3.63, 3.8) is 0 Å². The molecule has 88 valence electrons. The van der Waals surface area contributed by atoms with E-state index >= 15 is 0 Å². The van der Waals surface area contributed by atoms with Crippen LogP contribution in [0.3, 0.4) is 0 Å². The van der Waals surface area contributed by atoms with Crippen LogP contribution in [0.5, 0.6) is 5.75 Å². The molecule has 1 heterocycles. The molecule has 1 aromatic carbocycles. The van der Waals surface area contributed by atoms with Gasteiger partial charge in [0.1, 0.15) is 17.4 Å². The summed E-state index contributed by atoms with van der Waals surface area (Å²) < 4.78 is 13.8. The Morgan fingerprint density at radius 1 is 1.24 bits per heavy atom. The molecule has 0 atom stereocenters. The summed E-state index contributed by atoms with van der Waals surface area (Å²) in [5, 5.41) is 9.73. The molecule has 0 saturated heterocycles. The number of pyridine rings is 1. The van der Waals surface area contributed by atoms with Crippen molar-refractivity contribution in [2.24, 2.45) is 0 Å². The number of hydrogen-bond donors (Lipinski definition) is 3. The third kappa shape index (κ3) is 1.99. The summed E-state index contributed by atoms with van der Waals surface area (Å²) in [4.78, 5) is 3.95. The van der Waals surface area contributed by atoms with E-state index in [0.717, 1.165) is 0 Å². The van der Waals surface area contributed by atoms with Crippen LogP contribution < -0.4 is 11.5 Å². The highest BCUT2D eigenvalue weighted by Gasteiger charge is 2.13. The van der Waals surface area contributed by atoms with Crippen LogP contribution in [0.1, 0.15) is 5.56 Å². The third-order valence-electron chi connectivity index (χ3n) is 2.43. The van der Waals surface area contributed by atoms with E-state index in [1.54, 1.807) is 6.92 Å². The van der Waals surface area contributed by atoms with Gasteiger partial charge in [-0.1, -0.05) is 0 Å². The predicted octanol–water partition coefficient (Wildman–Crippen LogP) is 2.07. The summed E-state index contributed by atoms with van der Waals surface area (Å²) in [7, 11) is 0. The fraction of sp³-hybridized carbons (Fsp3) is 0.0833. The van der Waals surface area contributed by atoms with Crippen LogP contribution in [0, 0.1) is 12.7 Å². The quantitative estimate of drug-likeness (QED) is 0.703. The molecule has 5 heteroatoms. The first-order valence-electron chi connectivity index (χ1n) is 5.00. The van der Waals surface area contributed by atoms with Crippen LogP contribution in [0.15, 0.2) is 24.3 Å². The van der Waals surface area contributed by atoms with Crippen molar-refractivity contribution < 1.29 is 9.50 Å². The SMILES string of the molecule is Cc1cc(O)c(-c2ccc(N)c(N)n2)c(F)c1. The van der Waals surface area contributed by atoms with Gasteiger partial charge in [0.15, 0.2) is 0 Å². The molecule has 17 heavy (non-hydrogen) atoms. The summed E-state index contributed by atoms with van der Waals surface area (Å²) in [6.45, 7) is 1.69. The predicted molar refractivity (Wildman–Crippen MR) is 64.9 cm³/mol. The molecule has 0 aliphatic rings. The van der Waals surface area contributed by atoms with E-state index in [9.17, 15) is 9.50 Å². The monoisotopic (exact) mass is 233 g/mol. The van der Waals surface area contributed by atoms with Crippen molar-refractivity contribution in [2.45, 2.75) is 6.92 Å². The Morgan fingerprint density at radius 3 is 2.53 bits per heavy atom. The first-order chi connectivity index (χ1) is 7.99. The Balaban J connectivity index is 2.64. The molecule has 0 bridgehead atoms. The van der Waals surface area contributed by atoms with E-state index in [1.165, 1.54) is 24.3 Å². The number of nitrogen functional groups attached to an aromatic ring is 2. The zero-order valence-electron chi connectivity index (χ0n) is 9.24. The highest BCUT2D eigenvalue weighted by atomic mass is 19.1. The van der Waals surface area contributed by atoms with Crippen molar-refractivity contribution in [1.82, 2.24) is 4.98 Å². The molecule has 0 unspecified atom stereocenters. The Morgan fingerprint density at radius 2 is 1.94 bits per heavy atom. The van der Waals surface area contributed by atoms with Gasteiger partial charge in [0.2, 0.25) is 0 Å². The Labute approximate surface area is 97.7 Å². The van der Waals surface area contributed by atoms with Gasteiger partial charge >= 0.3 is 0 Å². The van der Waals surface area contributed by atoms with Crippen LogP contribution in [0.4, 0.5) is 15.9 Å². The maximum atomic E-state index is 13.8. The molecule has 2 rings (SSSR count). The molecule has 0 radical (unpaired) electrons. The fourth-order valence-corrected chi connectivity index (χ4v) is 1.60. The van der Waals surface area contributed by atoms with E-state index in [1.807, 2.05) is 0 Å². The normalized spacial score (nSPS) is 10.5. The lowest BCUT2D eigenvalue weighted by molar-refractivity contribution is 0.471. The molecule has 0 amide bonds. The number of hydrogen-bond acceptors (Lipinski definition) is 4. The lowest BCUT2D eigenvalue weighted by atomic mass is 10.1. The smallest absolute Gasteiger partial charge is 0.147 e. The lowest BCUT2D eigenvalue weighted by Gasteiger charge is -2.08. The average Bonchev–Trinajstić information content (AvgIpc) is 2.21. The number of aromatic nitrogens is 1. The van der Waals surface area contributed by atoms with Gasteiger partial charge in [0, 0.05) is 0 Å². The van der Waals surface area contributed by atoms with Gasteiger partial charge in [0.25, 0.3) is 0 Å². The molecule has 0 fully saturated rings. The maximum absolute atomic E-state index is 13.8. The minimum Gasteiger partial charge on any atom is -0.507 e. The van der Waals surface area contributed by atoms with E-state index in [-0.39, 0.29) is 22.8 Å². The number of rotatable bonds is 1. The number of aromatic hydroxyl groups is 1. The van der Waals surface area contributed by atoms with Gasteiger partial charge in [-0.05, 0) is 36.8 Å². The minimum absolute atomic E-state index is 0.0299. The van der Waals surface area contributed by atoms with Crippen LogP contribution in [0.2, 0.25) is 0 Å². The number of halogens is 1. The maximum Gasteiger partial charge on any atom is 0.147 e. The molecular weight excluding hydrogens is 221 g/mol. The van der Waals surface area contributed by atoms with E-state index in [4.69, 9.17) is 11.5 Å². The first kappa shape index (κ1) is 11.2. The zero-order valence-corrected chi connectivity index (χ0v) is 9.24.